The number of ether oxygens (including phenoxy) is 3. The van der Waals surface area contributed by atoms with E-state index in [0.29, 0.717) is 31.9 Å². The van der Waals surface area contributed by atoms with Gasteiger partial charge in [0.05, 0.1) is 18.3 Å². The number of hydrogen-bond donors (Lipinski definition) is 0. The summed E-state index contributed by atoms with van der Waals surface area (Å²) in [7, 11) is 1.60. The molecule has 1 fully saturated rings. The van der Waals surface area contributed by atoms with Crippen molar-refractivity contribution in [1.82, 2.24) is 9.88 Å². The van der Waals surface area contributed by atoms with Crippen molar-refractivity contribution in [2.24, 2.45) is 0 Å². The first-order valence-corrected chi connectivity index (χ1v) is 9.06. The number of para-hydroxylation sites is 1. The molecule has 1 aliphatic rings. The van der Waals surface area contributed by atoms with Crippen LogP contribution < -0.4 is 4.74 Å². The lowest BCUT2D eigenvalue weighted by molar-refractivity contribution is -0.274. The fourth-order valence-corrected chi connectivity index (χ4v) is 3.19. The molecular formula is C20H21F3N2O4. The van der Waals surface area contributed by atoms with Crippen molar-refractivity contribution in [1.29, 1.82) is 0 Å². The summed E-state index contributed by atoms with van der Waals surface area (Å²) >= 11 is 0. The molecule has 0 bridgehead atoms. The van der Waals surface area contributed by atoms with Gasteiger partial charge in [0, 0.05) is 32.0 Å². The Labute approximate surface area is 166 Å². The summed E-state index contributed by atoms with van der Waals surface area (Å²) in [5.41, 5.74) is 1.31. The van der Waals surface area contributed by atoms with Crippen LogP contribution in [0.1, 0.15) is 18.0 Å². The number of pyridine rings is 1. The van der Waals surface area contributed by atoms with Crippen LogP contribution in [-0.2, 0) is 14.3 Å². The third-order valence-electron chi connectivity index (χ3n) is 4.51. The van der Waals surface area contributed by atoms with Crippen LogP contribution in [0.15, 0.2) is 42.6 Å². The molecule has 2 heterocycles. The normalized spacial score (nSPS) is 17.4. The molecule has 1 amide bonds. The summed E-state index contributed by atoms with van der Waals surface area (Å²) in [6, 6.07) is 8.86. The van der Waals surface area contributed by atoms with Crippen LogP contribution in [0.3, 0.4) is 0 Å². The van der Waals surface area contributed by atoms with Crippen molar-refractivity contribution in [3.05, 3.63) is 48.2 Å². The van der Waals surface area contributed by atoms with Crippen LogP contribution >= 0.6 is 0 Å². The molecule has 0 aliphatic carbocycles. The van der Waals surface area contributed by atoms with Gasteiger partial charge in [0.2, 0.25) is 5.91 Å². The van der Waals surface area contributed by atoms with Gasteiger partial charge < -0.3 is 19.1 Å². The molecule has 1 aromatic heterocycles. The number of morpholine rings is 1. The largest absolute Gasteiger partial charge is 0.573 e. The van der Waals surface area contributed by atoms with Gasteiger partial charge in [-0.15, -0.1) is 13.2 Å². The predicted octanol–water partition coefficient (Wildman–Crippen LogP) is 3.58. The number of methoxy groups -OCH3 is 1. The predicted molar refractivity (Wildman–Crippen MR) is 98.1 cm³/mol. The molecule has 2 aromatic rings. The summed E-state index contributed by atoms with van der Waals surface area (Å²) < 4.78 is 52.5. The van der Waals surface area contributed by atoms with Crippen LogP contribution in [-0.4, -0.2) is 55.6 Å². The van der Waals surface area contributed by atoms with Gasteiger partial charge in [0.1, 0.15) is 12.4 Å². The Morgan fingerprint density at radius 3 is 2.72 bits per heavy atom. The standard InChI is InChI=1S/C20H21F3N2O4/c1-27-10-4-9-25-17(12-28-13-19(25)26)14-7-8-16(24-11-14)15-5-2-3-6-18(15)29-20(21,22)23/h2-3,5-8,11,17H,4,9-10,12-13H2,1H3. The Bertz CT molecular complexity index is 827. The molecule has 29 heavy (non-hydrogen) atoms. The number of halogens is 3. The Morgan fingerprint density at radius 2 is 2.03 bits per heavy atom. The van der Waals surface area contributed by atoms with Gasteiger partial charge in [0.25, 0.3) is 0 Å². The Kier molecular flexibility index (Phi) is 6.71. The van der Waals surface area contributed by atoms with E-state index in [1.807, 2.05) is 0 Å². The van der Waals surface area contributed by atoms with Crippen molar-refractivity contribution in [2.75, 3.05) is 33.5 Å². The highest BCUT2D eigenvalue weighted by Gasteiger charge is 2.33. The summed E-state index contributed by atoms with van der Waals surface area (Å²) in [6.45, 7) is 1.40. The minimum absolute atomic E-state index is 0.0250. The number of carbonyl (C=O) groups is 1. The second-order valence-electron chi connectivity index (χ2n) is 6.49. The van der Waals surface area contributed by atoms with Gasteiger partial charge in [-0.25, -0.2) is 0 Å². The number of alkyl halides is 3. The molecule has 0 N–H and O–H groups in total. The lowest BCUT2D eigenvalue weighted by Crippen LogP contribution is -2.44. The Morgan fingerprint density at radius 1 is 1.24 bits per heavy atom. The third-order valence-corrected chi connectivity index (χ3v) is 4.51. The Hall–Kier alpha value is -2.65. The SMILES string of the molecule is COCCCN1C(=O)COCC1c1ccc(-c2ccccc2OC(F)(F)F)nc1. The van der Waals surface area contributed by atoms with Crippen molar-refractivity contribution < 1.29 is 32.2 Å². The van der Waals surface area contributed by atoms with E-state index in [0.717, 1.165) is 5.56 Å². The zero-order valence-electron chi connectivity index (χ0n) is 15.8. The summed E-state index contributed by atoms with van der Waals surface area (Å²) in [5, 5.41) is 0. The first kappa shape index (κ1) is 21.1. The molecule has 1 aliphatic heterocycles. The quantitative estimate of drug-likeness (QED) is 0.653. The number of benzene rings is 1. The molecular weight excluding hydrogens is 389 g/mol. The first-order valence-electron chi connectivity index (χ1n) is 9.06. The molecule has 1 aromatic carbocycles. The summed E-state index contributed by atoms with van der Waals surface area (Å²) in [5.74, 6) is -0.442. The molecule has 0 spiro atoms. The van der Waals surface area contributed by atoms with E-state index in [9.17, 15) is 18.0 Å². The van der Waals surface area contributed by atoms with Crippen LogP contribution in [0, 0.1) is 0 Å². The van der Waals surface area contributed by atoms with Gasteiger partial charge in [-0.1, -0.05) is 18.2 Å². The molecule has 0 saturated carbocycles. The van der Waals surface area contributed by atoms with Crippen molar-refractivity contribution in [2.45, 2.75) is 18.8 Å². The highest BCUT2D eigenvalue weighted by atomic mass is 19.4. The van der Waals surface area contributed by atoms with Crippen LogP contribution in [0.4, 0.5) is 13.2 Å². The molecule has 9 heteroatoms. The molecule has 3 rings (SSSR count). The van der Waals surface area contributed by atoms with E-state index in [4.69, 9.17) is 9.47 Å². The lowest BCUT2D eigenvalue weighted by atomic mass is 10.0. The molecule has 1 unspecified atom stereocenters. The van der Waals surface area contributed by atoms with Crippen molar-refractivity contribution in [3.63, 3.8) is 0 Å². The van der Waals surface area contributed by atoms with Crippen LogP contribution in [0.5, 0.6) is 5.75 Å². The number of nitrogens with zero attached hydrogens (tertiary/aromatic N) is 2. The maximum absolute atomic E-state index is 12.6. The van der Waals surface area contributed by atoms with Gasteiger partial charge in [-0.05, 0) is 30.2 Å². The first-order chi connectivity index (χ1) is 13.9. The van der Waals surface area contributed by atoms with E-state index in [2.05, 4.69) is 9.72 Å². The lowest BCUT2D eigenvalue weighted by Gasteiger charge is -2.35. The van der Waals surface area contributed by atoms with Crippen molar-refractivity contribution in [3.8, 4) is 17.0 Å². The smallest absolute Gasteiger partial charge is 0.405 e. The van der Waals surface area contributed by atoms with Crippen LogP contribution in [0.25, 0.3) is 11.3 Å². The maximum atomic E-state index is 12.6. The fraction of sp³-hybridized carbons (Fsp3) is 0.400. The molecule has 0 radical (unpaired) electrons. The van der Waals surface area contributed by atoms with E-state index >= 15 is 0 Å². The minimum atomic E-state index is -4.79. The highest BCUT2D eigenvalue weighted by Crippen LogP contribution is 2.33. The number of hydrogen-bond acceptors (Lipinski definition) is 5. The monoisotopic (exact) mass is 410 g/mol. The molecule has 156 valence electrons. The summed E-state index contributed by atoms with van der Waals surface area (Å²) in [4.78, 5) is 18.3. The molecule has 1 atom stereocenters. The zero-order chi connectivity index (χ0) is 20.9. The average molecular weight is 410 g/mol. The third kappa shape index (κ3) is 5.45. The maximum Gasteiger partial charge on any atom is 0.573 e. The van der Waals surface area contributed by atoms with Gasteiger partial charge >= 0.3 is 6.36 Å². The van der Waals surface area contributed by atoms with E-state index in [-0.39, 0.29) is 29.9 Å². The van der Waals surface area contributed by atoms with Gasteiger partial charge in [0.15, 0.2) is 0 Å². The molecule has 1 saturated heterocycles. The molecule has 6 nitrogen and oxygen atoms in total. The van der Waals surface area contributed by atoms with Crippen molar-refractivity contribution >= 4 is 5.91 Å². The fourth-order valence-electron chi connectivity index (χ4n) is 3.19. The Balaban J connectivity index is 1.82. The van der Waals surface area contributed by atoms with Gasteiger partial charge in [-0.3, -0.25) is 9.78 Å². The van der Waals surface area contributed by atoms with E-state index < -0.39 is 6.36 Å². The zero-order valence-corrected chi connectivity index (χ0v) is 15.8. The van der Waals surface area contributed by atoms with Gasteiger partial charge in [-0.2, -0.15) is 0 Å². The number of rotatable bonds is 7. The second-order valence-corrected chi connectivity index (χ2v) is 6.49. The van der Waals surface area contributed by atoms with Crippen LogP contribution in [0.2, 0.25) is 0 Å². The summed E-state index contributed by atoms with van der Waals surface area (Å²) in [6.07, 6.45) is -2.55. The highest BCUT2D eigenvalue weighted by molar-refractivity contribution is 5.78. The topological polar surface area (TPSA) is 60.9 Å². The minimum Gasteiger partial charge on any atom is -0.405 e. The van der Waals surface area contributed by atoms with E-state index in [1.165, 1.54) is 18.2 Å². The number of amides is 1. The number of carbonyl (C=O) groups excluding carboxylic acids is 1. The average Bonchev–Trinajstić information content (AvgIpc) is 2.69. The number of aromatic nitrogens is 1. The second kappa shape index (κ2) is 9.23. The van der Waals surface area contributed by atoms with E-state index in [1.54, 1.807) is 36.4 Å².